The third kappa shape index (κ3) is 7.45. The molecule has 0 spiro atoms. The Morgan fingerprint density at radius 3 is 2.39 bits per heavy atom. The van der Waals surface area contributed by atoms with E-state index in [1.54, 1.807) is 30.3 Å². The number of ether oxygens (including phenoxy) is 2. The number of rotatable bonds is 9. The van der Waals surface area contributed by atoms with Crippen LogP contribution in [0.4, 0.5) is 0 Å². The van der Waals surface area contributed by atoms with Gasteiger partial charge in [-0.3, -0.25) is 4.79 Å². The number of methoxy groups -OCH3 is 1. The smallest absolute Gasteiger partial charge is 0.337 e. The summed E-state index contributed by atoms with van der Waals surface area (Å²) in [4.78, 5) is 34.8. The number of esters is 2. The summed E-state index contributed by atoms with van der Waals surface area (Å²) in [6.07, 6.45) is 4.46. The van der Waals surface area contributed by atoms with Crippen molar-refractivity contribution in [2.45, 2.75) is 12.8 Å². The molecule has 0 aliphatic carbocycles. The van der Waals surface area contributed by atoms with Gasteiger partial charge >= 0.3 is 11.9 Å². The van der Waals surface area contributed by atoms with Crippen molar-refractivity contribution in [1.82, 2.24) is 5.32 Å². The number of nitrogens with one attached hydrogen (secondary N) is 1. The average Bonchev–Trinajstić information content (AvgIpc) is 2.74. The lowest BCUT2D eigenvalue weighted by Crippen LogP contribution is -2.29. The fourth-order valence-electron chi connectivity index (χ4n) is 2.41. The van der Waals surface area contributed by atoms with Gasteiger partial charge in [0.25, 0.3) is 5.91 Å². The van der Waals surface area contributed by atoms with Gasteiger partial charge in [0.2, 0.25) is 0 Å². The van der Waals surface area contributed by atoms with E-state index in [2.05, 4.69) is 10.1 Å². The minimum atomic E-state index is -0.614. The molecule has 2 rings (SSSR count). The van der Waals surface area contributed by atoms with E-state index in [0.717, 1.165) is 18.4 Å². The molecule has 2 aromatic carbocycles. The molecule has 0 atom stereocenters. The lowest BCUT2D eigenvalue weighted by atomic mass is 10.1. The van der Waals surface area contributed by atoms with Crippen LogP contribution in [-0.2, 0) is 25.5 Å². The lowest BCUT2D eigenvalue weighted by Gasteiger charge is -2.05. The van der Waals surface area contributed by atoms with E-state index in [1.165, 1.54) is 18.7 Å². The second-order valence-corrected chi connectivity index (χ2v) is 5.99. The summed E-state index contributed by atoms with van der Waals surface area (Å²) in [6.45, 7) is 0.198. The van der Waals surface area contributed by atoms with E-state index in [-0.39, 0.29) is 12.5 Å². The molecule has 28 heavy (non-hydrogen) atoms. The Morgan fingerprint density at radius 2 is 1.71 bits per heavy atom. The van der Waals surface area contributed by atoms with Gasteiger partial charge in [-0.05, 0) is 42.2 Å². The first-order chi connectivity index (χ1) is 13.6. The van der Waals surface area contributed by atoms with Crippen LogP contribution in [0.2, 0.25) is 0 Å². The second kappa shape index (κ2) is 11.3. The summed E-state index contributed by atoms with van der Waals surface area (Å²) in [5.41, 5.74) is 2.36. The van der Waals surface area contributed by atoms with Crippen molar-refractivity contribution in [2.24, 2.45) is 0 Å². The SMILES string of the molecule is COC(=O)c1ccc(/C=C/C(=O)OCC(=O)NCCCc2ccccc2)cc1. The summed E-state index contributed by atoms with van der Waals surface area (Å²) in [6, 6.07) is 16.6. The number of hydrogen-bond donors (Lipinski definition) is 1. The number of carbonyl (C=O) groups excluding carboxylic acids is 3. The van der Waals surface area contributed by atoms with Gasteiger partial charge in [-0.2, -0.15) is 0 Å². The molecule has 2 aromatic rings. The molecular weight excluding hydrogens is 358 g/mol. The molecule has 0 aromatic heterocycles. The Bertz CT molecular complexity index is 813. The third-order valence-corrected chi connectivity index (χ3v) is 3.90. The summed E-state index contributed by atoms with van der Waals surface area (Å²) >= 11 is 0. The average molecular weight is 381 g/mol. The Morgan fingerprint density at radius 1 is 1.00 bits per heavy atom. The van der Waals surface area contributed by atoms with E-state index in [0.29, 0.717) is 12.1 Å². The number of carbonyl (C=O) groups is 3. The van der Waals surface area contributed by atoms with Crippen molar-refractivity contribution in [3.8, 4) is 0 Å². The van der Waals surface area contributed by atoms with E-state index < -0.39 is 11.9 Å². The van der Waals surface area contributed by atoms with Crippen LogP contribution in [0, 0.1) is 0 Å². The molecule has 0 unspecified atom stereocenters. The van der Waals surface area contributed by atoms with Gasteiger partial charge in [-0.25, -0.2) is 9.59 Å². The molecule has 1 amide bonds. The first-order valence-corrected chi connectivity index (χ1v) is 8.92. The molecular formula is C22H23NO5. The fourth-order valence-corrected chi connectivity index (χ4v) is 2.41. The number of aryl methyl sites for hydroxylation is 1. The van der Waals surface area contributed by atoms with Crippen LogP contribution in [0.15, 0.2) is 60.7 Å². The van der Waals surface area contributed by atoms with Gasteiger partial charge in [0.05, 0.1) is 12.7 Å². The maximum absolute atomic E-state index is 11.7. The van der Waals surface area contributed by atoms with E-state index in [4.69, 9.17) is 4.74 Å². The molecule has 0 saturated heterocycles. The minimum Gasteiger partial charge on any atom is -0.465 e. The number of amides is 1. The monoisotopic (exact) mass is 381 g/mol. The summed E-state index contributed by atoms with van der Waals surface area (Å²) < 4.78 is 9.53. The highest BCUT2D eigenvalue weighted by atomic mass is 16.5. The molecule has 146 valence electrons. The van der Waals surface area contributed by atoms with Crippen molar-refractivity contribution in [3.63, 3.8) is 0 Å². The highest BCUT2D eigenvalue weighted by Gasteiger charge is 2.05. The predicted octanol–water partition coefficient (Wildman–Crippen LogP) is 2.78. The molecule has 6 nitrogen and oxygen atoms in total. The minimum absolute atomic E-state index is 0.324. The Labute approximate surface area is 164 Å². The maximum atomic E-state index is 11.7. The predicted molar refractivity (Wildman–Crippen MR) is 106 cm³/mol. The van der Waals surface area contributed by atoms with Gasteiger partial charge in [0.15, 0.2) is 6.61 Å². The first kappa shape index (κ1) is 20.9. The van der Waals surface area contributed by atoms with Gasteiger partial charge < -0.3 is 14.8 Å². The van der Waals surface area contributed by atoms with Crippen LogP contribution >= 0.6 is 0 Å². The van der Waals surface area contributed by atoms with Crippen molar-refractivity contribution < 1.29 is 23.9 Å². The Hall–Kier alpha value is -3.41. The standard InChI is InChI=1S/C22H23NO5/c1-27-22(26)19-12-9-18(10-13-19)11-14-21(25)28-16-20(24)23-15-5-8-17-6-3-2-4-7-17/h2-4,6-7,9-14H,5,8,15-16H2,1H3,(H,23,24)/b14-11+. The summed E-state index contributed by atoms with van der Waals surface area (Å²) in [5, 5.41) is 2.72. The molecule has 6 heteroatoms. The van der Waals surface area contributed by atoms with Crippen molar-refractivity contribution >= 4 is 23.9 Å². The zero-order valence-corrected chi connectivity index (χ0v) is 15.7. The van der Waals surface area contributed by atoms with E-state index in [1.807, 2.05) is 30.3 Å². The largest absolute Gasteiger partial charge is 0.465 e. The summed E-state index contributed by atoms with van der Waals surface area (Å²) in [5.74, 6) is -1.38. The van der Waals surface area contributed by atoms with Gasteiger partial charge in [-0.1, -0.05) is 42.5 Å². The number of benzene rings is 2. The molecule has 0 heterocycles. The van der Waals surface area contributed by atoms with Crippen LogP contribution < -0.4 is 5.32 Å². The zero-order chi connectivity index (χ0) is 20.2. The zero-order valence-electron chi connectivity index (χ0n) is 15.7. The van der Waals surface area contributed by atoms with Crippen LogP contribution in [-0.4, -0.2) is 38.1 Å². The number of hydrogen-bond acceptors (Lipinski definition) is 5. The molecule has 1 N–H and O–H groups in total. The second-order valence-electron chi connectivity index (χ2n) is 5.99. The van der Waals surface area contributed by atoms with Gasteiger partial charge in [-0.15, -0.1) is 0 Å². The molecule has 0 aliphatic rings. The molecule has 0 radical (unpaired) electrons. The molecule has 0 fully saturated rings. The topological polar surface area (TPSA) is 81.7 Å². The highest BCUT2D eigenvalue weighted by Crippen LogP contribution is 2.07. The third-order valence-electron chi connectivity index (χ3n) is 3.90. The van der Waals surface area contributed by atoms with E-state index >= 15 is 0 Å². The Balaban J connectivity index is 1.65. The van der Waals surface area contributed by atoms with Gasteiger partial charge in [0, 0.05) is 12.6 Å². The van der Waals surface area contributed by atoms with Crippen LogP contribution in [0.3, 0.4) is 0 Å². The fraction of sp³-hybridized carbons (Fsp3) is 0.227. The lowest BCUT2D eigenvalue weighted by molar-refractivity contribution is -0.143. The molecule has 0 saturated carbocycles. The molecule has 0 aliphatic heterocycles. The van der Waals surface area contributed by atoms with Crippen LogP contribution in [0.5, 0.6) is 0 Å². The normalized spacial score (nSPS) is 10.5. The van der Waals surface area contributed by atoms with Crippen molar-refractivity contribution in [1.29, 1.82) is 0 Å². The summed E-state index contributed by atoms with van der Waals surface area (Å²) in [7, 11) is 1.31. The quantitative estimate of drug-likeness (QED) is 0.410. The van der Waals surface area contributed by atoms with Crippen LogP contribution in [0.1, 0.15) is 27.9 Å². The highest BCUT2D eigenvalue weighted by molar-refractivity contribution is 5.91. The maximum Gasteiger partial charge on any atom is 0.337 e. The van der Waals surface area contributed by atoms with Crippen LogP contribution in [0.25, 0.3) is 6.08 Å². The van der Waals surface area contributed by atoms with Gasteiger partial charge in [0.1, 0.15) is 0 Å². The molecule has 0 bridgehead atoms. The Kier molecular flexibility index (Phi) is 8.46. The van der Waals surface area contributed by atoms with Crippen molar-refractivity contribution in [3.05, 3.63) is 77.4 Å². The van der Waals surface area contributed by atoms with E-state index in [9.17, 15) is 14.4 Å². The van der Waals surface area contributed by atoms with Crippen molar-refractivity contribution in [2.75, 3.05) is 20.3 Å². The first-order valence-electron chi connectivity index (χ1n) is 8.92.